The summed E-state index contributed by atoms with van der Waals surface area (Å²) in [5.74, 6) is 0. The molecule has 0 fully saturated rings. The fourth-order valence-electron chi connectivity index (χ4n) is 1.64. The summed E-state index contributed by atoms with van der Waals surface area (Å²) in [4.78, 5) is 4.08. The van der Waals surface area contributed by atoms with Crippen molar-refractivity contribution in [1.29, 1.82) is 0 Å². The van der Waals surface area contributed by atoms with Gasteiger partial charge in [-0.2, -0.15) is 0 Å². The van der Waals surface area contributed by atoms with Crippen LogP contribution in [0.1, 0.15) is 12.0 Å². The fraction of sp³-hybridized carbons (Fsp3) is 0.308. The second-order valence-electron chi connectivity index (χ2n) is 3.81. The third kappa shape index (κ3) is 3.51. The Kier molecular flexibility index (Phi) is 4.14. The van der Waals surface area contributed by atoms with Crippen molar-refractivity contribution in [2.75, 3.05) is 6.54 Å². The van der Waals surface area contributed by atoms with Crippen molar-refractivity contribution >= 4 is 0 Å². The number of hydrogen-bond acceptors (Lipinski definition) is 2. The molecule has 2 heterocycles. The van der Waals surface area contributed by atoms with Gasteiger partial charge in [0.15, 0.2) is 0 Å². The van der Waals surface area contributed by atoms with E-state index >= 15 is 0 Å². The van der Waals surface area contributed by atoms with Crippen molar-refractivity contribution in [3.8, 4) is 0 Å². The molecule has 0 amide bonds. The molecule has 0 aliphatic heterocycles. The molecule has 0 bridgehead atoms. The van der Waals surface area contributed by atoms with E-state index in [2.05, 4.69) is 45.5 Å². The molecule has 0 aliphatic rings. The first kappa shape index (κ1) is 10.9. The summed E-state index contributed by atoms with van der Waals surface area (Å²) < 4.78 is 2.20. The molecule has 3 heteroatoms. The lowest BCUT2D eigenvalue weighted by molar-refractivity contribution is 0.582. The van der Waals surface area contributed by atoms with Gasteiger partial charge in [-0.05, 0) is 36.7 Å². The number of aryl methyl sites for hydroxylation is 1. The van der Waals surface area contributed by atoms with Gasteiger partial charge in [0.1, 0.15) is 0 Å². The SMILES string of the molecule is c1cncc(CNCCCn2cccc2)c1. The van der Waals surface area contributed by atoms with Crippen LogP contribution >= 0.6 is 0 Å². The Morgan fingerprint density at radius 1 is 1.19 bits per heavy atom. The monoisotopic (exact) mass is 215 g/mol. The number of nitrogens with one attached hydrogen (secondary N) is 1. The summed E-state index contributed by atoms with van der Waals surface area (Å²) in [5.41, 5.74) is 1.24. The zero-order valence-electron chi connectivity index (χ0n) is 9.34. The number of nitrogens with zero attached hydrogens (tertiary/aromatic N) is 2. The largest absolute Gasteiger partial charge is 0.354 e. The zero-order chi connectivity index (χ0) is 11.1. The fourth-order valence-corrected chi connectivity index (χ4v) is 1.64. The number of aromatic nitrogens is 2. The number of rotatable bonds is 6. The maximum Gasteiger partial charge on any atom is 0.0312 e. The molecule has 0 aliphatic carbocycles. The lowest BCUT2D eigenvalue weighted by Crippen LogP contribution is -2.16. The maximum absolute atomic E-state index is 4.08. The first-order valence-electron chi connectivity index (χ1n) is 5.65. The minimum Gasteiger partial charge on any atom is -0.354 e. The van der Waals surface area contributed by atoms with Crippen LogP contribution in [0.25, 0.3) is 0 Å². The lowest BCUT2D eigenvalue weighted by Gasteiger charge is -2.05. The Morgan fingerprint density at radius 2 is 2.06 bits per heavy atom. The summed E-state index contributed by atoms with van der Waals surface area (Å²) in [6, 6.07) is 8.18. The van der Waals surface area contributed by atoms with Gasteiger partial charge in [0, 0.05) is 37.9 Å². The van der Waals surface area contributed by atoms with E-state index in [1.165, 1.54) is 5.56 Å². The van der Waals surface area contributed by atoms with Crippen molar-refractivity contribution in [2.24, 2.45) is 0 Å². The van der Waals surface area contributed by atoms with Crippen LogP contribution in [0.4, 0.5) is 0 Å². The van der Waals surface area contributed by atoms with Crippen LogP contribution < -0.4 is 5.32 Å². The third-order valence-electron chi connectivity index (χ3n) is 2.49. The first-order valence-corrected chi connectivity index (χ1v) is 5.65. The minimum absolute atomic E-state index is 0.902. The predicted molar refractivity (Wildman–Crippen MR) is 65.0 cm³/mol. The Hall–Kier alpha value is -1.61. The van der Waals surface area contributed by atoms with E-state index in [9.17, 15) is 0 Å². The van der Waals surface area contributed by atoms with Gasteiger partial charge >= 0.3 is 0 Å². The number of hydrogen-bond donors (Lipinski definition) is 1. The molecule has 2 aromatic rings. The second kappa shape index (κ2) is 6.08. The van der Waals surface area contributed by atoms with Crippen molar-refractivity contribution in [1.82, 2.24) is 14.9 Å². The molecule has 1 N–H and O–H groups in total. The van der Waals surface area contributed by atoms with Gasteiger partial charge in [-0.3, -0.25) is 4.98 Å². The van der Waals surface area contributed by atoms with E-state index in [4.69, 9.17) is 0 Å². The van der Waals surface area contributed by atoms with Crippen molar-refractivity contribution < 1.29 is 0 Å². The quantitative estimate of drug-likeness (QED) is 0.747. The summed E-state index contributed by atoms with van der Waals surface area (Å²) in [7, 11) is 0. The van der Waals surface area contributed by atoms with Crippen LogP contribution in [-0.4, -0.2) is 16.1 Å². The Labute approximate surface area is 96.1 Å². The molecular weight excluding hydrogens is 198 g/mol. The molecule has 2 rings (SSSR count). The highest BCUT2D eigenvalue weighted by Gasteiger charge is 1.92. The molecule has 16 heavy (non-hydrogen) atoms. The molecule has 0 atom stereocenters. The molecule has 0 aromatic carbocycles. The van der Waals surface area contributed by atoms with E-state index < -0.39 is 0 Å². The van der Waals surface area contributed by atoms with Crippen LogP contribution in [0.2, 0.25) is 0 Å². The summed E-state index contributed by atoms with van der Waals surface area (Å²) >= 11 is 0. The highest BCUT2D eigenvalue weighted by atomic mass is 14.9. The van der Waals surface area contributed by atoms with Crippen LogP contribution in [0.3, 0.4) is 0 Å². The summed E-state index contributed by atoms with van der Waals surface area (Å²) in [6.45, 7) is 3.01. The van der Waals surface area contributed by atoms with Gasteiger partial charge < -0.3 is 9.88 Å². The van der Waals surface area contributed by atoms with Gasteiger partial charge in [0.2, 0.25) is 0 Å². The Bertz CT molecular complexity index is 381. The average Bonchev–Trinajstić information content (AvgIpc) is 2.83. The summed E-state index contributed by atoms with van der Waals surface area (Å²) in [5, 5.41) is 3.41. The van der Waals surface area contributed by atoms with Gasteiger partial charge in [-0.25, -0.2) is 0 Å². The van der Waals surface area contributed by atoms with Crippen LogP contribution in [-0.2, 0) is 13.1 Å². The molecule has 0 saturated carbocycles. The maximum atomic E-state index is 4.08. The van der Waals surface area contributed by atoms with Gasteiger partial charge in [-0.1, -0.05) is 6.07 Å². The molecule has 2 aromatic heterocycles. The Morgan fingerprint density at radius 3 is 2.81 bits per heavy atom. The smallest absolute Gasteiger partial charge is 0.0312 e. The Balaban J connectivity index is 1.59. The van der Waals surface area contributed by atoms with Gasteiger partial charge in [0.25, 0.3) is 0 Å². The first-order chi connectivity index (χ1) is 7.95. The molecule has 0 saturated heterocycles. The van der Waals surface area contributed by atoms with Crippen LogP contribution in [0.5, 0.6) is 0 Å². The normalized spacial score (nSPS) is 10.5. The van der Waals surface area contributed by atoms with Gasteiger partial charge in [-0.15, -0.1) is 0 Å². The van der Waals surface area contributed by atoms with Crippen LogP contribution in [0, 0.1) is 0 Å². The second-order valence-corrected chi connectivity index (χ2v) is 3.81. The average molecular weight is 215 g/mol. The van der Waals surface area contributed by atoms with Crippen molar-refractivity contribution in [3.05, 3.63) is 54.6 Å². The third-order valence-corrected chi connectivity index (χ3v) is 2.49. The highest BCUT2D eigenvalue weighted by molar-refractivity contribution is 5.07. The molecular formula is C13H17N3. The van der Waals surface area contributed by atoms with E-state index in [1.807, 2.05) is 12.3 Å². The standard InChI is InChI=1S/C13H17N3/c1-2-9-16(8-1)10-4-7-15-12-13-5-3-6-14-11-13/h1-3,5-6,8-9,11,15H,4,7,10,12H2. The highest BCUT2D eigenvalue weighted by Crippen LogP contribution is 1.95. The van der Waals surface area contributed by atoms with Gasteiger partial charge in [0.05, 0.1) is 0 Å². The summed E-state index contributed by atoms with van der Waals surface area (Å²) in [6.07, 6.45) is 9.05. The lowest BCUT2D eigenvalue weighted by atomic mass is 10.3. The molecule has 0 spiro atoms. The van der Waals surface area contributed by atoms with E-state index in [0.29, 0.717) is 0 Å². The van der Waals surface area contributed by atoms with Crippen molar-refractivity contribution in [2.45, 2.75) is 19.5 Å². The zero-order valence-corrected chi connectivity index (χ0v) is 9.34. The molecule has 0 radical (unpaired) electrons. The van der Waals surface area contributed by atoms with Crippen molar-refractivity contribution in [3.63, 3.8) is 0 Å². The predicted octanol–water partition coefficient (Wildman–Crippen LogP) is 2.06. The number of pyridine rings is 1. The van der Waals surface area contributed by atoms with Crippen LogP contribution in [0.15, 0.2) is 49.1 Å². The van der Waals surface area contributed by atoms with E-state index in [1.54, 1.807) is 6.20 Å². The van der Waals surface area contributed by atoms with E-state index in [-0.39, 0.29) is 0 Å². The topological polar surface area (TPSA) is 29.9 Å². The minimum atomic E-state index is 0.902. The van der Waals surface area contributed by atoms with E-state index in [0.717, 1.165) is 26.1 Å². The molecule has 0 unspecified atom stereocenters. The molecule has 84 valence electrons. The molecule has 3 nitrogen and oxygen atoms in total.